The second-order valence-electron chi connectivity index (χ2n) is 5.03. The van der Waals surface area contributed by atoms with Crippen LogP contribution in [0.15, 0.2) is 29.2 Å². The van der Waals surface area contributed by atoms with Crippen LogP contribution in [-0.2, 0) is 14.8 Å². The van der Waals surface area contributed by atoms with Gasteiger partial charge in [-0.2, -0.15) is 4.31 Å². The summed E-state index contributed by atoms with van der Waals surface area (Å²) in [5, 5.41) is 10.6. The number of rotatable bonds is 3. The van der Waals surface area contributed by atoms with E-state index in [0.29, 0.717) is 13.1 Å². The van der Waals surface area contributed by atoms with Gasteiger partial charge < -0.3 is 4.74 Å². The van der Waals surface area contributed by atoms with Crippen LogP contribution in [0.1, 0.15) is 12.8 Å². The monoisotopic (exact) mass is 298 g/mol. The summed E-state index contributed by atoms with van der Waals surface area (Å²) >= 11 is 0. The normalized spacial score (nSPS) is 26.6. The van der Waals surface area contributed by atoms with E-state index < -0.39 is 14.9 Å². The van der Waals surface area contributed by atoms with E-state index in [2.05, 4.69) is 0 Å². The quantitative estimate of drug-likeness (QED) is 0.616. The van der Waals surface area contributed by atoms with Gasteiger partial charge in [0, 0.05) is 25.2 Å². The summed E-state index contributed by atoms with van der Waals surface area (Å²) in [7, 11) is -3.60. The lowest BCUT2D eigenvalue weighted by Crippen LogP contribution is -2.45. The average Bonchev–Trinajstić information content (AvgIpc) is 2.77. The van der Waals surface area contributed by atoms with Gasteiger partial charge >= 0.3 is 0 Å². The number of nitro groups is 1. The molecule has 0 N–H and O–H groups in total. The van der Waals surface area contributed by atoms with Crippen molar-refractivity contribution in [2.45, 2.75) is 29.9 Å². The number of sulfonamides is 1. The molecule has 108 valence electrons. The minimum Gasteiger partial charge on any atom is -0.372 e. The molecule has 2 fully saturated rings. The molecule has 0 saturated carbocycles. The first-order valence-electron chi connectivity index (χ1n) is 6.37. The van der Waals surface area contributed by atoms with Crippen LogP contribution >= 0.6 is 0 Å². The lowest BCUT2D eigenvalue weighted by atomic mass is 10.2. The Morgan fingerprint density at radius 2 is 1.70 bits per heavy atom. The molecule has 2 heterocycles. The molecule has 2 bridgehead atoms. The Hall–Kier alpha value is -1.51. The van der Waals surface area contributed by atoms with Gasteiger partial charge in [0.1, 0.15) is 0 Å². The summed E-state index contributed by atoms with van der Waals surface area (Å²) < 4.78 is 32.0. The Morgan fingerprint density at radius 1 is 1.15 bits per heavy atom. The van der Waals surface area contributed by atoms with Gasteiger partial charge in [0.15, 0.2) is 0 Å². The number of ether oxygens (including phenoxy) is 1. The third-order valence-corrected chi connectivity index (χ3v) is 5.54. The average molecular weight is 298 g/mol. The van der Waals surface area contributed by atoms with E-state index in [1.807, 2.05) is 0 Å². The highest BCUT2D eigenvalue weighted by Crippen LogP contribution is 2.30. The molecule has 0 amide bonds. The molecular formula is C12H14N2O5S. The van der Waals surface area contributed by atoms with Crippen LogP contribution in [0.5, 0.6) is 0 Å². The fraction of sp³-hybridized carbons (Fsp3) is 0.500. The summed E-state index contributed by atoms with van der Waals surface area (Å²) in [6, 6.07) is 4.99. The van der Waals surface area contributed by atoms with Crippen LogP contribution in [0.3, 0.4) is 0 Å². The van der Waals surface area contributed by atoms with Gasteiger partial charge in [0.25, 0.3) is 5.69 Å². The molecule has 3 rings (SSSR count). The smallest absolute Gasteiger partial charge is 0.269 e. The molecule has 0 aromatic heterocycles. The van der Waals surface area contributed by atoms with E-state index in [1.165, 1.54) is 28.6 Å². The number of hydrogen-bond acceptors (Lipinski definition) is 5. The molecule has 8 heteroatoms. The summed E-state index contributed by atoms with van der Waals surface area (Å²) in [4.78, 5) is 10.1. The minimum absolute atomic E-state index is 0.0263. The fourth-order valence-corrected chi connectivity index (χ4v) is 4.17. The van der Waals surface area contributed by atoms with Crippen molar-refractivity contribution in [3.63, 3.8) is 0 Å². The van der Waals surface area contributed by atoms with E-state index in [1.54, 1.807) is 0 Å². The number of morpholine rings is 1. The summed E-state index contributed by atoms with van der Waals surface area (Å²) in [5.74, 6) is 0. The molecule has 0 radical (unpaired) electrons. The molecule has 2 unspecified atom stereocenters. The standard InChI is InChI=1S/C12H14N2O5S/c15-14(16)9-1-5-12(6-2-9)20(17,18)13-7-10-3-4-11(8-13)19-10/h1-2,5-6,10-11H,3-4,7-8H2. The maximum atomic E-state index is 12.5. The summed E-state index contributed by atoms with van der Waals surface area (Å²) in [6.45, 7) is 0.714. The van der Waals surface area contributed by atoms with Gasteiger partial charge in [0.2, 0.25) is 10.0 Å². The van der Waals surface area contributed by atoms with Crippen molar-refractivity contribution in [1.29, 1.82) is 0 Å². The molecule has 2 saturated heterocycles. The predicted octanol–water partition coefficient (Wildman–Crippen LogP) is 1.15. The van der Waals surface area contributed by atoms with Crippen molar-refractivity contribution in [2.24, 2.45) is 0 Å². The SMILES string of the molecule is O=[N+]([O-])c1ccc(S(=O)(=O)N2CC3CCC(C2)O3)cc1. The summed E-state index contributed by atoms with van der Waals surface area (Å²) in [5.41, 5.74) is -0.119. The van der Waals surface area contributed by atoms with Crippen molar-refractivity contribution in [3.05, 3.63) is 34.4 Å². The molecule has 7 nitrogen and oxygen atoms in total. The maximum Gasteiger partial charge on any atom is 0.269 e. The Labute approximate surface area is 116 Å². The van der Waals surface area contributed by atoms with Crippen LogP contribution in [-0.4, -0.2) is 42.9 Å². The second-order valence-corrected chi connectivity index (χ2v) is 6.97. The van der Waals surface area contributed by atoms with E-state index in [0.717, 1.165) is 12.8 Å². The van der Waals surface area contributed by atoms with Crippen LogP contribution < -0.4 is 0 Å². The number of nitro benzene ring substituents is 1. The Morgan fingerprint density at radius 3 is 2.20 bits per heavy atom. The Kier molecular flexibility index (Phi) is 3.23. The number of non-ortho nitro benzene ring substituents is 1. The zero-order valence-electron chi connectivity index (χ0n) is 10.6. The Balaban J connectivity index is 1.86. The lowest BCUT2D eigenvalue weighted by Gasteiger charge is -2.31. The molecule has 0 spiro atoms. The van der Waals surface area contributed by atoms with Crippen LogP contribution in [0.4, 0.5) is 5.69 Å². The van der Waals surface area contributed by atoms with Crippen LogP contribution in [0, 0.1) is 10.1 Å². The van der Waals surface area contributed by atoms with Crippen molar-refractivity contribution >= 4 is 15.7 Å². The van der Waals surface area contributed by atoms with Crippen LogP contribution in [0.25, 0.3) is 0 Å². The number of hydrogen-bond donors (Lipinski definition) is 0. The van der Waals surface area contributed by atoms with Crippen molar-refractivity contribution in [2.75, 3.05) is 13.1 Å². The van der Waals surface area contributed by atoms with Crippen molar-refractivity contribution < 1.29 is 18.1 Å². The predicted molar refractivity (Wildman–Crippen MR) is 69.8 cm³/mol. The van der Waals surface area contributed by atoms with E-state index in [-0.39, 0.29) is 22.8 Å². The summed E-state index contributed by atoms with van der Waals surface area (Å²) in [6.07, 6.45) is 1.72. The highest BCUT2D eigenvalue weighted by molar-refractivity contribution is 7.89. The van der Waals surface area contributed by atoms with E-state index in [4.69, 9.17) is 4.74 Å². The first-order chi connectivity index (χ1) is 9.46. The molecule has 1 aromatic carbocycles. The molecule has 2 aliphatic heterocycles. The third kappa shape index (κ3) is 2.30. The first kappa shape index (κ1) is 13.5. The van der Waals surface area contributed by atoms with Gasteiger partial charge in [-0.05, 0) is 25.0 Å². The number of nitrogens with zero attached hydrogens (tertiary/aromatic N) is 2. The van der Waals surface area contributed by atoms with Gasteiger partial charge in [-0.1, -0.05) is 0 Å². The second kappa shape index (κ2) is 4.80. The molecular weight excluding hydrogens is 284 g/mol. The highest BCUT2D eigenvalue weighted by atomic mass is 32.2. The maximum absolute atomic E-state index is 12.5. The molecule has 20 heavy (non-hydrogen) atoms. The zero-order chi connectivity index (χ0) is 14.3. The largest absolute Gasteiger partial charge is 0.372 e. The van der Waals surface area contributed by atoms with Gasteiger partial charge in [-0.25, -0.2) is 8.42 Å². The van der Waals surface area contributed by atoms with E-state index in [9.17, 15) is 18.5 Å². The molecule has 2 atom stereocenters. The van der Waals surface area contributed by atoms with Crippen LogP contribution in [0.2, 0.25) is 0 Å². The lowest BCUT2D eigenvalue weighted by molar-refractivity contribution is -0.384. The van der Waals surface area contributed by atoms with Crippen molar-refractivity contribution in [3.8, 4) is 0 Å². The first-order valence-corrected chi connectivity index (χ1v) is 7.81. The molecule has 2 aliphatic rings. The van der Waals surface area contributed by atoms with Gasteiger partial charge in [-0.3, -0.25) is 10.1 Å². The third-order valence-electron chi connectivity index (χ3n) is 3.70. The number of benzene rings is 1. The van der Waals surface area contributed by atoms with Gasteiger partial charge in [-0.15, -0.1) is 0 Å². The van der Waals surface area contributed by atoms with Crippen molar-refractivity contribution in [1.82, 2.24) is 4.31 Å². The topological polar surface area (TPSA) is 89.8 Å². The molecule has 0 aliphatic carbocycles. The van der Waals surface area contributed by atoms with Gasteiger partial charge in [0.05, 0.1) is 22.0 Å². The Bertz CT molecular complexity index is 616. The van der Waals surface area contributed by atoms with E-state index >= 15 is 0 Å². The zero-order valence-corrected chi connectivity index (χ0v) is 11.5. The molecule has 1 aromatic rings. The highest BCUT2D eigenvalue weighted by Gasteiger charge is 2.39. The fourth-order valence-electron chi connectivity index (χ4n) is 2.66. The number of fused-ring (bicyclic) bond motifs is 2. The minimum atomic E-state index is -3.60.